The van der Waals surface area contributed by atoms with Crippen LogP contribution in [0.5, 0.6) is 0 Å². The highest BCUT2D eigenvalue weighted by atomic mass is 16.6. The number of aliphatic hydroxyl groups is 1. The summed E-state index contributed by atoms with van der Waals surface area (Å²) in [5, 5.41) is 20.3. The van der Waals surface area contributed by atoms with Crippen LogP contribution in [-0.4, -0.2) is 23.1 Å². The number of non-ortho nitro benzene ring substituents is 1. The van der Waals surface area contributed by atoms with E-state index >= 15 is 0 Å². The van der Waals surface area contributed by atoms with Gasteiger partial charge in [-0.05, 0) is 37.2 Å². The standard InChI is InChI=1S/C16H24N2O3/c1-16(2)8-6-13(7-9-16)17(3)15-5-4-14(18(20)21)10-12(15)11-19/h4-5,10,13,19H,6-9,11H2,1-3H3. The summed E-state index contributed by atoms with van der Waals surface area (Å²) >= 11 is 0. The molecule has 0 aromatic heterocycles. The molecule has 5 nitrogen and oxygen atoms in total. The van der Waals surface area contributed by atoms with Crippen molar-refractivity contribution in [2.24, 2.45) is 5.41 Å². The molecular weight excluding hydrogens is 268 g/mol. The second-order valence-electron chi connectivity index (χ2n) is 6.73. The summed E-state index contributed by atoms with van der Waals surface area (Å²) in [6, 6.07) is 5.17. The Morgan fingerprint density at radius 1 is 1.38 bits per heavy atom. The molecule has 0 spiro atoms. The average Bonchev–Trinajstić information content (AvgIpc) is 2.45. The Labute approximate surface area is 125 Å². The molecule has 0 unspecified atom stereocenters. The van der Waals surface area contributed by atoms with Gasteiger partial charge in [0.05, 0.1) is 11.5 Å². The van der Waals surface area contributed by atoms with Gasteiger partial charge in [0.2, 0.25) is 0 Å². The fourth-order valence-electron chi connectivity index (χ4n) is 3.12. The van der Waals surface area contributed by atoms with Crippen LogP contribution < -0.4 is 4.90 Å². The van der Waals surface area contributed by atoms with Crippen molar-refractivity contribution >= 4 is 11.4 Å². The van der Waals surface area contributed by atoms with E-state index < -0.39 is 4.92 Å². The first-order valence-corrected chi connectivity index (χ1v) is 7.45. The van der Waals surface area contributed by atoms with Crippen molar-refractivity contribution in [2.45, 2.75) is 52.2 Å². The number of benzene rings is 1. The SMILES string of the molecule is CN(c1ccc([N+](=O)[O-])cc1CO)C1CCC(C)(C)CC1. The minimum absolute atomic E-state index is 0.0287. The number of nitrogens with zero attached hydrogens (tertiary/aromatic N) is 2. The molecule has 0 radical (unpaired) electrons. The van der Waals surface area contributed by atoms with Crippen LogP contribution in [0.1, 0.15) is 45.1 Å². The Balaban J connectivity index is 2.19. The highest BCUT2D eigenvalue weighted by Gasteiger charge is 2.29. The number of rotatable bonds is 4. The minimum Gasteiger partial charge on any atom is -0.392 e. The van der Waals surface area contributed by atoms with E-state index in [4.69, 9.17) is 0 Å². The van der Waals surface area contributed by atoms with E-state index in [1.54, 1.807) is 6.07 Å². The van der Waals surface area contributed by atoms with Crippen molar-refractivity contribution in [3.63, 3.8) is 0 Å². The molecule has 1 aromatic carbocycles. The summed E-state index contributed by atoms with van der Waals surface area (Å²) in [5.41, 5.74) is 1.96. The number of aliphatic hydroxyl groups excluding tert-OH is 1. The van der Waals surface area contributed by atoms with Gasteiger partial charge in [-0.3, -0.25) is 10.1 Å². The van der Waals surface area contributed by atoms with Crippen molar-refractivity contribution in [1.82, 2.24) is 0 Å². The third kappa shape index (κ3) is 3.53. The smallest absolute Gasteiger partial charge is 0.269 e. The summed E-state index contributed by atoms with van der Waals surface area (Å²) in [7, 11) is 2.02. The largest absolute Gasteiger partial charge is 0.392 e. The first-order chi connectivity index (χ1) is 9.84. The second kappa shape index (κ2) is 6.02. The lowest BCUT2D eigenvalue weighted by Gasteiger charge is -2.40. The Morgan fingerprint density at radius 2 is 2.00 bits per heavy atom. The quantitative estimate of drug-likeness (QED) is 0.681. The van der Waals surface area contributed by atoms with Gasteiger partial charge in [-0.2, -0.15) is 0 Å². The maximum atomic E-state index is 10.8. The zero-order valence-electron chi connectivity index (χ0n) is 13.0. The lowest BCUT2D eigenvalue weighted by molar-refractivity contribution is -0.384. The minimum atomic E-state index is -0.425. The average molecular weight is 292 g/mol. The highest BCUT2D eigenvalue weighted by molar-refractivity contribution is 5.58. The van der Waals surface area contributed by atoms with E-state index in [-0.39, 0.29) is 12.3 Å². The molecule has 1 fully saturated rings. The van der Waals surface area contributed by atoms with Crippen LogP contribution in [0, 0.1) is 15.5 Å². The number of hydrogen-bond acceptors (Lipinski definition) is 4. The zero-order chi connectivity index (χ0) is 15.6. The molecular formula is C16H24N2O3. The topological polar surface area (TPSA) is 66.6 Å². The monoisotopic (exact) mass is 292 g/mol. The molecule has 0 saturated heterocycles. The lowest BCUT2D eigenvalue weighted by Crippen LogP contribution is -2.37. The number of nitro groups is 1. The Bertz CT molecular complexity index is 518. The van der Waals surface area contributed by atoms with E-state index in [9.17, 15) is 15.2 Å². The van der Waals surface area contributed by atoms with E-state index in [2.05, 4.69) is 18.7 Å². The van der Waals surface area contributed by atoms with Gasteiger partial charge in [-0.25, -0.2) is 0 Å². The summed E-state index contributed by atoms with van der Waals surface area (Å²) < 4.78 is 0. The summed E-state index contributed by atoms with van der Waals surface area (Å²) in [4.78, 5) is 12.6. The lowest BCUT2D eigenvalue weighted by atomic mass is 9.75. The first-order valence-electron chi connectivity index (χ1n) is 7.45. The van der Waals surface area contributed by atoms with Crippen LogP contribution in [0.15, 0.2) is 18.2 Å². The van der Waals surface area contributed by atoms with Gasteiger partial charge < -0.3 is 10.0 Å². The Kier molecular flexibility index (Phi) is 4.52. The third-order valence-corrected chi connectivity index (χ3v) is 4.68. The fraction of sp³-hybridized carbons (Fsp3) is 0.625. The van der Waals surface area contributed by atoms with E-state index in [0.717, 1.165) is 18.5 Å². The Hall–Kier alpha value is -1.62. The maximum Gasteiger partial charge on any atom is 0.269 e. The van der Waals surface area contributed by atoms with E-state index in [1.807, 2.05) is 7.05 Å². The molecule has 1 saturated carbocycles. The molecule has 5 heteroatoms. The van der Waals surface area contributed by atoms with E-state index in [1.165, 1.54) is 25.0 Å². The fourth-order valence-corrected chi connectivity index (χ4v) is 3.12. The van der Waals surface area contributed by atoms with Crippen LogP contribution in [-0.2, 0) is 6.61 Å². The van der Waals surface area contributed by atoms with Gasteiger partial charge >= 0.3 is 0 Å². The normalized spacial score (nSPS) is 18.5. The van der Waals surface area contributed by atoms with Crippen molar-refractivity contribution in [1.29, 1.82) is 0 Å². The van der Waals surface area contributed by atoms with Gasteiger partial charge in [-0.15, -0.1) is 0 Å². The van der Waals surface area contributed by atoms with Crippen LogP contribution in [0.2, 0.25) is 0 Å². The zero-order valence-corrected chi connectivity index (χ0v) is 13.0. The van der Waals surface area contributed by atoms with Crippen molar-refractivity contribution in [3.05, 3.63) is 33.9 Å². The van der Waals surface area contributed by atoms with Crippen LogP contribution >= 0.6 is 0 Å². The Morgan fingerprint density at radius 3 is 2.52 bits per heavy atom. The molecule has 0 bridgehead atoms. The first kappa shape index (κ1) is 15.8. The molecule has 0 aliphatic heterocycles. The van der Waals surface area contributed by atoms with Gasteiger partial charge in [0.25, 0.3) is 5.69 Å². The van der Waals surface area contributed by atoms with Gasteiger partial charge in [0.15, 0.2) is 0 Å². The molecule has 0 amide bonds. The summed E-state index contributed by atoms with van der Waals surface area (Å²) in [6.07, 6.45) is 4.60. The maximum absolute atomic E-state index is 10.8. The molecule has 116 valence electrons. The summed E-state index contributed by atoms with van der Waals surface area (Å²) in [6.45, 7) is 4.42. The molecule has 0 heterocycles. The van der Waals surface area contributed by atoms with Crippen LogP contribution in [0.25, 0.3) is 0 Å². The molecule has 1 N–H and O–H groups in total. The molecule has 1 aromatic rings. The molecule has 2 rings (SSSR count). The second-order valence-corrected chi connectivity index (χ2v) is 6.73. The predicted molar refractivity (Wildman–Crippen MR) is 83.5 cm³/mol. The summed E-state index contributed by atoms with van der Waals surface area (Å²) in [5.74, 6) is 0. The van der Waals surface area contributed by atoms with Gasteiger partial charge in [0.1, 0.15) is 0 Å². The number of hydrogen-bond donors (Lipinski definition) is 1. The van der Waals surface area contributed by atoms with Crippen LogP contribution in [0.4, 0.5) is 11.4 Å². The van der Waals surface area contributed by atoms with Crippen molar-refractivity contribution < 1.29 is 10.0 Å². The number of anilines is 1. The third-order valence-electron chi connectivity index (χ3n) is 4.68. The highest BCUT2D eigenvalue weighted by Crippen LogP contribution is 2.38. The molecule has 1 aliphatic rings. The van der Waals surface area contributed by atoms with Gasteiger partial charge in [0, 0.05) is 36.5 Å². The molecule has 21 heavy (non-hydrogen) atoms. The van der Waals surface area contributed by atoms with Gasteiger partial charge in [-0.1, -0.05) is 13.8 Å². The van der Waals surface area contributed by atoms with Crippen molar-refractivity contribution in [2.75, 3.05) is 11.9 Å². The predicted octanol–water partition coefficient (Wildman–Crippen LogP) is 3.49. The molecule has 0 atom stereocenters. The van der Waals surface area contributed by atoms with E-state index in [0.29, 0.717) is 17.0 Å². The molecule has 1 aliphatic carbocycles. The van der Waals surface area contributed by atoms with Crippen LogP contribution in [0.3, 0.4) is 0 Å². The number of nitro benzene ring substituents is 1. The van der Waals surface area contributed by atoms with Crippen molar-refractivity contribution in [3.8, 4) is 0 Å².